The molecule has 15 heteroatoms. The molecule has 0 spiro atoms. The summed E-state index contributed by atoms with van der Waals surface area (Å²) in [6, 6.07) is 2.83. The van der Waals surface area contributed by atoms with Crippen LogP contribution in [-0.2, 0) is 16.1 Å². The molecule has 0 radical (unpaired) electrons. The summed E-state index contributed by atoms with van der Waals surface area (Å²) >= 11 is 6.16. The Morgan fingerprint density at radius 3 is 2.62 bits per heavy atom. The van der Waals surface area contributed by atoms with E-state index < -0.39 is 40.1 Å². The summed E-state index contributed by atoms with van der Waals surface area (Å²) in [5.41, 5.74) is -0.661. The van der Waals surface area contributed by atoms with E-state index >= 15 is 0 Å². The van der Waals surface area contributed by atoms with Gasteiger partial charge in [-0.25, -0.2) is 18.7 Å². The van der Waals surface area contributed by atoms with Crippen molar-refractivity contribution in [2.45, 2.75) is 45.9 Å². The Morgan fingerprint density at radius 1 is 1.31 bits per heavy atom. The van der Waals surface area contributed by atoms with Crippen LogP contribution in [0.3, 0.4) is 0 Å². The number of carbonyl (C=O) groups excluding carboxylic acids is 2. The number of imidazole rings is 1. The first-order valence-corrected chi connectivity index (χ1v) is 12.0. The van der Waals surface area contributed by atoms with E-state index in [0.717, 1.165) is 12.1 Å². The monoisotopic (exact) mass is 566 g/mol. The smallest absolute Gasteiger partial charge is 0.414 e. The van der Waals surface area contributed by atoms with Crippen LogP contribution in [0.4, 0.5) is 20.6 Å². The average molecular weight is 567 g/mol. The summed E-state index contributed by atoms with van der Waals surface area (Å²) in [7, 11) is 2.68. The molecule has 39 heavy (non-hydrogen) atoms. The number of aromatic nitrogens is 3. The third-order valence-electron chi connectivity index (χ3n) is 5.23. The minimum atomic E-state index is -0.731. The molecule has 0 aliphatic carbocycles. The Labute approximate surface area is 227 Å². The molecule has 1 N–H and O–H groups in total. The van der Waals surface area contributed by atoms with Gasteiger partial charge < -0.3 is 19.5 Å². The number of benzene rings is 1. The second-order valence-corrected chi connectivity index (χ2v) is 9.92. The lowest BCUT2D eigenvalue weighted by Gasteiger charge is -2.24. The summed E-state index contributed by atoms with van der Waals surface area (Å²) in [5, 5.41) is 18.0. The number of methoxy groups -OCH3 is 1. The van der Waals surface area contributed by atoms with Crippen molar-refractivity contribution >= 4 is 40.6 Å². The molecule has 0 fully saturated rings. The summed E-state index contributed by atoms with van der Waals surface area (Å²) < 4.78 is 31.2. The first-order chi connectivity index (χ1) is 18.2. The Morgan fingerprint density at radius 2 is 2.00 bits per heavy atom. The number of fused-ring (bicyclic) bond motifs is 1. The van der Waals surface area contributed by atoms with E-state index in [2.05, 4.69) is 15.4 Å². The van der Waals surface area contributed by atoms with Gasteiger partial charge in [0, 0.05) is 36.9 Å². The fourth-order valence-corrected chi connectivity index (χ4v) is 3.62. The van der Waals surface area contributed by atoms with Crippen molar-refractivity contribution in [2.24, 2.45) is 0 Å². The summed E-state index contributed by atoms with van der Waals surface area (Å²) in [4.78, 5) is 41.5. The molecular weight excluding hydrogens is 539 g/mol. The van der Waals surface area contributed by atoms with Crippen LogP contribution in [0.15, 0.2) is 24.4 Å². The van der Waals surface area contributed by atoms with E-state index in [0.29, 0.717) is 0 Å². The molecular formula is C24H28ClFN6O7. The number of nitro groups is 1. The third kappa shape index (κ3) is 7.09. The van der Waals surface area contributed by atoms with Gasteiger partial charge in [-0.1, -0.05) is 11.6 Å². The molecule has 0 unspecified atom stereocenters. The van der Waals surface area contributed by atoms with Crippen LogP contribution in [0.1, 0.15) is 43.7 Å². The molecule has 0 bridgehead atoms. The van der Waals surface area contributed by atoms with Crippen molar-refractivity contribution in [2.75, 3.05) is 25.7 Å². The largest absolute Gasteiger partial charge is 0.490 e. The van der Waals surface area contributed by atoms with Gasteiger partial charge in [-0.3, -0.25) is 19.8 Å². The van der Waals surface area contributed by atoms with Crippen molar-refractivity contribution in [1.29, 1.82) is 0 Å². The molecule has 13 nitrogen and oxygen atoms in total. The number of hydrogen-bond donors (Lipinski definition) is 1. The van der Waals surface area contributed by atoms with Crippen molar-refractivity contribution < 1.29 is 33.1 Å². The minimum absolute atomic E-state index is 0.00644. The molecule has 210 valence electrons. The van der Waals surface area contributed by atoms with Gasteiger partial charge in [-0.15, -0.1) is 0 Å². The standard InChI is InChI=1S/C24H28ClFN6O7/c1-13(11-38-12-14-7-16(32(35)36)19(37-6)8-15(14)26)28-22(33)18-10-27-21-17(9-20(25)29-31(18)21)30(5)23(34)39-24(2,3)4/h7-10,13H,11-12H2,1-6H3,(H,28,33)/t13-/m1/s1. The number of halogens is 2. The van der Waals surface area contributed by atoms with Gasteiger partial charge in [-0.05, 0) is 27.7 Å². The molecule has 3 rings (SSSR count). The van der Waals surface area contributed by atoms with Crippen LogP contribution in [0.5, 0.6) is 5.75 Å². The minimum Gasteiger partial charge on any atom is -0.490 e. The van der Waals surface area contributed by atoms with E-state index in [9.17, 15) is 24.1 Å². The van der Waals surface area contributed by atoms with Crippen molar-refractivity contribution in [3.05, 3.63) is 56.7 Å². The predicted molar refractivity (Wildman–Crippen MR) is 139 cm³/mol. The van der Waals surface area contributed by atoms with Crippen LogP contribution in [0, 0.1) is 15.9 Å². The third-order valence-corrected chi connectivity index (χ3v) is 5.41. The van der Waals surface area contributed by atoms with Crippen molar-refractivity contribution in [3.8, 4) is 5.75 Å². The quantitative estimate of drug-likeness (QED) is 0.297. The average Bonchev–Trinajstić information content (AvgIpc) is 3.26. The number of nitrogens with zero attached hydrogens (tertiary/aromatic N) is 5. The van der Waals surface area contributed by atoms with Gasteiger partial charge in [0.05, 0.1) is 37.1 Å². The summed E-state index contributed by atoms with van der Waals surface area (Å²) in [5.74, 6) is -1.50. The molecule has 0 aliphatic heterocycles. The highest BCUT2D eigenvalue weighted by Gasteiger charge is 2.25. The van der Waals surface area contributed by atoms with Gasteiger partial charge in [0.2, 0.25) is 0 Å². The van der Waals surface area contributed by atoms with Crippen LogP contribution in [-0.4, -0.2) is 63.9 Å². The summed E-state index contributed by atoms with van der Waals surface area (Å²) in [6.07, 6.45) is 0.630. The lowest BCUT2D eigenvalue weighted by Crippen LogP contribution is -2.36. The van der Waals surface area contributed by atoms with Gasteiger partial charge in [0.15, 0.2) is 22.2 Å². The van der Waals surface area contributed by atoms with Gasteiger partial charge in [-0.2, -0.15) is 5.10 Å². The fraction of sp³-hybridized carbons (Fsp3) is 0.417. The van der Waals surface area contributed by atoms with Gasteiger partial charge in [0.25, 0.3) is 5.91 Å². The highest BCUT2D eigenvalue weighted by Crippen LogP contribution is 2.30. The van der Waals surface area contributed by atoms with Crippen LogP contribution in [0.25, 0.3) is 5.65 Å². The second-order valence-electron chi connectivity index (χ2n) is 9.53. The van der Waals surface area contributed by atoms with Gasteiger partial charge in [0.1, 0.15) is 11.4 Å². The highest BCUT2D eigenvalue weighted by molar-refractivity contribution is 6.29. The number of nitro benzene ring substituents is 1. The Hall–Kier alpha value is -4.04. The molecule has 2 amide bonds. The Kier molecular flexibility index (Phi) is 8.92. The number of carbonyl (C=O) groups is 2. The molecule has 0 saturated heterocycles. The fourth-order valence-electron chi connectivity index (χ4n) is 3.44. The van der Waals surface area contributed by atoms with Crippen LogP contribution in [0.2, 0.25) is 5.15 Å². The number of nitrogens with one attached hydrogen (secondary N) is 1. The first kappa shape index (κ1) is 29.5. The highest BCUT2D eigenvalue weighted by atomic mass is 35.5. The van der Waals surface area contributed by atoms with Crippen molar-refractivity contribution in [1.82, 2.24) is 19.9 Å². The second kappa shape index (κ2) is 11.8. The number of ether oxygens (including phenoxy) is 3. The normalized spacial score (nSPS) is 12.2. The van der Waals surface area contributed by atoms with E-state index in [1.165, 1.54) is 35.8 Å². The molecule has 2 heterocycles. The zero-order chi connectivity index (χ0) is 29.1. The first-order valence-electron chi connectivity index (χ1n) is 11.6. The maximum Gasteiger partial charge on any atom is 0.414 e. The molecule has 0 aliphatic rings. The van der Waals surface area contributed by atoms with E-state index in [1.54, 1.807) is 27.7 Å². The SMILES string of the molecule is COc1cc(F)c(COC[C@@H](C)NC(=O)c2cnc3c(N(C)C(=O)OC(C)(C)C)cc(Cl)nn23)cc1[N+](=O)[O-]. The molecule has 1 aromatic carbocycles. The molecule has 0 saturated carbocycles. The Balaban J connectivity index is 1.70. The predicted octanol–water partition coefficient (Wildman–Crippen LogP) is 4.15. The zero-order valence-corrected chi connectivity index (χ0v) is 22.9. The number of hydrogen-bond acceptors (Lipinski definition) is 9. The van der Waals surface area contributed by atoms with Crippen LogP contribution >= 0.6 is 11.6 Å². The maximum atomic E-state index is 14.3. The zero-order valence-electron chi connectivity index (χ0n) is 22.2. The van der Waals surface area contributed by atoms with Gasteiger partial charge >= 0.3 is 11.8 Å². The lowest BCUT2D eigenvalue weighted by atomic mass is 10.2. The molecule has 2 aromatic heterocycles. The van der Waals surface area contributed by atoms with E-state index in [1.807, 2.05) is 0 Å². The van der Waals surface area contributed by atoms with E-state index in [-0.39, 0.29) is 46.7 Å². The number of amides is 2. The Bertz CT molecular complexity index is 1410. The van der Waals surface area contributed by atoms with E-state index in [4.69, 9.17) is 25.8 Å². The topological polar surface area (TPSA) is 150 Å². The lowest BCUT2D eigenvalue weighted by molar-refractivity contribution is -0.385. The summed E-state index contributed by atoms with van der Waals surface area (Å²) in [6.45, 7) is 6.53. The van der Waals surface area contributed by atoms with Crippen molar-refractivity contribution in [3.63, 3.8) is 0 Å². The number of rotatable bonds is 9. The molecule has 3 aromatic rings. The maximum absolute atomic E-state index is 14.3. The van der Waals surface area contributed by atoms with Crippen LogP contribution < -0.4 is 15.0 Å². The molecule has 1 atom stereocenters. The number of anilines is 1.